The SMILES string of the molecule is C=CC(C)C(O)CCCCCCCC. The Morgan fingerprint density at radius 2 is 1.71 bits per heavy atom. The van der Waals surface area contributed by atoms with Crippen LogP contribution in [0.5, 0.6) is 0 Å². The third-order valence-electron chi connectivity index (χ3n) is 2.83. The Morgan fingerprint density at radius 3 is 2.29 bits per heavy atom. The third kappa shape index (κ3) is 7.14. The van der Waals surface area contributed by atoms with Gasteiger partial charge in [-0.2, -0.15) is 0 Å². The molecule has 0 aromatic rings. The largest absolute Gasteiger partial charge is 0.393 e. The van der Waals surface area contributed by atoms with Crippen molar-refractivity contribution in [2.45, 2.75) is 64.9 Å². The van der Waals surface area contributed by atoms with Crippen molar-refractivity contribution in [1.29, 1.82) is 0 Å². The van der Waals surface area contributed by atoms with Gasteiger partial charge in [0, 0.05) is 0 Å². The predicted molar refractivity (Wildman–Crippen MR) is 63.4 cm³/mol. The van der Waals surface area contributed by atoms with Crippen molar-refractivity contribution in [3.63, 3.8) is 0 Å². The summed E-state index contributed by atoms with van der Waals surface area (Å²) >= 11 is 0. The number of aliphatic hydroxyl groups is 1. The van der Waals surface area contributed by atoms with Gasteiger partial charge in [0.2, 0.25) is 0 Å². The molecule has 1 nitrogen and oxygen atoms in total. The summed E-state index contributed by atoms with van der Waals surface area (Å²) in [6.07, 6.45) is 10.3. The summed E-state index contributed by atoms with van der Waals surface area (Å²) in [7, 11) is 0. The molecule has 0 saturated carbocycles. The first-order valence-corrected chi connectivity index (χ1v) is 6.03. The normalized spacial score (nSPS) is 15.1. The van der Waals surface area contributed by atoms with Crippen LogP contribution in [-0.2, 0) is 0 Å². The zero-order valence-electron chi connectivity index (χ0n) is 9.84. The highest BCUT2D eigenvalue weighted by Gasteiger charge is 2.09. The van der Waals surface area contributed by atoms with Gasteiger partial charge in [0.1, 0.15) is 0 Å². The van der Waals surface area contributed by atoms with Crippen molar-refractivity contribution >= 4 is 0 Å². The highest BCUT2D eigenvalue weighted by Crippen LogP contribution is 2.13. The molecule has 14 heavy (non-hydrogen) atoms. The second kappa shape index (κ2) is 9.26. The molecule has 0 fully saturated rings. The van der Waals surface area contributed by atoms with E-state index in [1.807, 2.05) is 13.0 Å². The summed E-state index contributed by atoms with van der Waals surface area (Å²) in [4.78, 5) is 0. The molecule has 2 atom stereocenters. The zero-order chi connectivity index (χ0) is 10.8. The van der Waals surface area contributed by atoms with Crippen LogP contribution in [0.4, 0.5) is 0 Å². The van der Waals surface area contributed by atoms with Gasteiger partial charge in [0.05, 0.1) is 6.10 Å². The van der Waals surface area contributed by atoms with E-state index < -0.39 is 0 Å². The van der Waals surface area contributed by atoms with Gasteiger partial charge in [-0.05, 0) is 12.3 Å². The maximum atomic E-state index is 9.65. The van der Waals surface area contributed by atoms with Crippen molar-refractivity contribution in [1.82, 2.24) is 0 Å². The molecule has 0 aliphatic rings. The lowest BCUT2D eigenvalue weighted by Crippen LogP contribution is -2.14. The molecule has 0 radical (unpaired) electrons. The van der Waals surface area contributed by atoms with Gasteiger partial charge in [-0.25, -0.2) is 0 Å². The second-order valence-electron chi connectivity index (χ2n) is 4.22. The first-order chi connectivity index (χ1) is 6.72. The molecule has 0 bridgehead atoms. The molecule has 0 amide bonds. The fourth-order valence-electron chi connectivity index (χ4n) is 1.55. The number of rotatable bonds is 9. The van der Waals surface area contributed by atoms with Gasteiger partial charge >= 0.3 is 0 Å². The second-order valence-corrected chi connectivity index (χ2v) is 4.22. The Bertz CT molecular complexity index is 131. The molecule has 1 N–H and O–H groups in total. The zero-order valence-corrected chi connectivity index (χ0v) is 9.84. The summed E-state index contributed by atoms with van der Waals surface area (Å²) in [5.74, 6) is 0.241. The molecule has 0 saturated heterocycles. The Hall–Kier alpha value is -0.300. The highest BCUT2D eigenvalue weighted by molar-refractivity contribution is 4.80. The topological polar surface area (TPSA) is 20.2 Å². The Balaban J connectivity index is 3.22. The van der Waals surface area contributed by atoms with E-state index in [0.717, 1.165) is 12.8 Å². The third-order valence-corrected chi connectivity index (χ3v) is 2.83. The lowest BCUT2D eigenvalue weighted by Gasteiger charge is -2.14. The van der Waals surface area contributed by atoms with Crippen LogP contribution < -0.4 is 0 Å². The van der Waals surface area contributed by atoms with E-state index in [9.17, 15) is 5.11 Å². The van der Waals surface area contributed by atoms with Gasteiger partial charge < -0.3 is 5.11 Å². The van der Waals surface area contributed by atoms with E-state index in [4.69, 9.17) is 0 Å². The molecule has 0 aromatic carbocycles. The van der Waals surface area contributed by atoms with Gasteiger partial charge in [-0.1, -0.05) is 58.4 Å². The molecule has 0 heterocycles. The van der Waals surface area contributed by atoms with Crippen LogP contribution in [-0.4, -0.2) is 11.2 Å². The molecular formula is C13H26O. The first-order valence-electron chi connectivity index (χ1n) is 6.03. The van der Waals surface area contributed by atoms with Crippen LogP contribution in [0, 0.1) is 5.92 Å². The minimum absolute atomic E-state index is 0.182. The van der Waals surface area contributed by atoms with Crippen LogP contribution >= 0.6 is 0 Å². The molecule has 1 heteroatoms. The summed E-state index contributed by atoms with van der Waals surface area (Å²) in [6, 6.07) is 0. The molecule has 0 aliphatic heterocycles. The molecule has 0 rings (SSSR count). The number of aliphatic hydroxyl groups excluding tert-OH is 1. The van der Waals surface area contributed by atoms with Crippen molar-refractivity contribution in [2.75, 3.05) is 0 Å². The molecule has 2 unspecified atom stereocenters. The van der Waals surface area contributed by atoms with Crippen molar-refractivity contribution in [3.8, 4) is 0 Å². The summed E-state index contributed by atoms with van der Waals surface area (Å²) in [6.45, 7) is 7.94. The maximum absolute atomic E-state index is 9.65. The van der Waals surface area contributed by atoms with E-state index in [0.29, 0.717) is 0 Å². The Kier molecular flexibility index (Phi) is 9.06. The minimum Gasteiger partial charge on any atom is -0.393 e. The summed E-state index contributed by atoms with van der Waals surface area (Å²) < 4.78 is 0. The number of unbranched alkanes of at least 4 members (excludes halogenated alkanes) is 5. The molecular weight excluding hydrogens is 172 g/mol. The van der Waals surface area contributed by atoms with E-state index in [-0.39, 0.29) is 12.0 Å². The van der Waals surface area contributed by atoms with E-state index in [2.05, 4.69) is 13.5 Å². The Morgan fingerprint density at radius 1 is 1.14 bits per heavy atom. The molecule has 0 aliphatic carbocycles. The molecule has 0 spiro atoms. The maximum Gasteiger partial charge on any atom is 0.0600 e. The summed E-state index contributed by atoms with van der Waals surface area (Å²) in [5, 5.41) is 9.65. The lowest BCUT2D eigenvalue weighted by atomic mass is 9.99. The van der Waals surface area contributed by atoms with Crippen molar-refractivity contribution in [2.24, 2.45) is 5.92 Å². The van der Waals surface area contributed by atoms with Gasteiger partial charge in [0.15, 0.2) is 0 Å². The monoisotopic (exact) mass is 198 g/mol. The van der Waals surface area contributed by atoms with E-state index >= 15 is 0 Å². The smallest absolute Gasteiger partial charge is 0.0600 e. The lowest BCUT2D eigenvalue weighted by molar-refractivity contribution is 0.125. The first kappa shape index (κ1) is 13.7. The van der Waals surface area contributed by atoms with E-state index in [1.54, 1.807) is 0 Å². The standard InChI is InChI=1S/C13H26O/c1-4-6-7-8-9-10-11-13(14)12(3)5-2/h5,12-14H,2,4,6-11H2,1,3H3. The van der Waals surface area contributed by atoms with Crippen LogP contribution in [0.3, 0.4) is 0 Å². The van der Waals surface area contributed by atoms with Crippen molar-refractivity contribution < 1.29 is 5.11 Å². The minimum atomic E-state index is -0.182. The molecule has 84 valence electrons. The van der Waals surface area contributed by atoms with Gasteiger partial charge in [-0.15, -0.1) is 6.58 Å². The molecule has 0 aromatic heterocycles. The van der Waals surface area contributed by atoms with Crippen LogP contribution in [0.1, 0.15) is 58.8 Å². The van der Waals surface area contributed by atoms with Crippen molar-refractivity contribution in [3.05, 3.63) is 12.7 Å². The number of hydrogen-bond acceptors (Lipinski definition) is 1. The predicted octanol–water partition coefficient (Wildman–Crippen LogP) is 3.92. The summed E-state index contributed by atoms with van der Waals surface area (Å²) in [5.41, 5.74) is 0. The highest BCUT2D eigenvalue weighted by atomic mass is 16.3. The fraction of sp³-hybridized carbons (Fsp3) is 0.846. The average molecular weight is 198 g/mol. The van der Waals surface area contributed by atoms with Gasteiger partial charge in [0.25, 0.3) is 0 Å². The van der Waals surface area contributed by atoms with Crippen LogP contribution in [0.25, 0.3) is 0 Å². The average Bonchev–Trinajstić information content (AvgIpc) is 2.21. The van der Waals surface area contributed by atoms with E-state index in [1.165, 1.54) is 32.1 Å². The number of hydrogen-bond donors (Lipinski definition) is 1. The Labute approximate surface area is 89.2 Å². The van der Waals surface area contributed by atoms with Crippen LogP contribution in [0.15, 0.2) is 12.7 Å². The van der Waals surface area contributed by atoms with Gasteiger partial charge in [-0.3, -0.25) is 0 Å². The quantitative estimate of drug-likeness (QED) is 0.440. The van der Waals surface area contributed by atoms with Crippen LogP contribution in [0.2, 0.25) is 0 Å². The fourth-order valence-corrected chi connectivity index (χ4v) is 1.55.